The third-order valence-corrected chi connectivity index (χ3v) is 11.0. The van der Waals surface area contributed by atoms with E-state index in [0.29, 0.717) is 36.9 Å². The molecule has 5 nitrogen and oxygen atoms in total. The quantitative estimate of drug-likeness (QED) is 0.268. The number of anilines is 1. The van der Waals surface area contributed by atoms with Crippen LogP contribution < -0.4 is 4.90 Å². The minimum atomic E-state index is -0.761. The summed E-state index contributed by atoms with van der Waals surface area (Å²) in [4.78, 5) is 13.4. The highest BCUT2D eigenvalue weighted by molar-refractivity contribution is 5.50. The molecule has 4 fully saturated rings. The van der Waals surface area contributed by atoms with Crippen LogP contribution >= 0.6 is 0 Å². The molecule has 0 aromatic heterocycles. The molecule has 6 rings (SSSR count). The number of benzene rings is 1. The Morgan fingerprint density at radius 3 is 2.59 bits per heavy atom. The maximum absolute atomic E-state index is 12.2. The number of hydrogen-bond acceptors (Lipinski definition) is 5. The lowest BCUT2D eigenvalue weighted by Crippen LogP contribution is -2.53. The van der Waals surface area contributed by atoms with Gasteiger partial charge in [-0.15, -0.1) is 0 Å². The Balaban J connectivity index is 1.40. The van der Waals surface area contributed by atoms with Crippen molar-refractivity contribution in [3.63, 3.8) is 0 Å². The maximum Gasteiger partial charge on any atom is 0.109 e. The van der Waals surface area contributed by atoms with Gasteiger partial charge in [0.2, 0.25) is 0 Å². The molecule has 0 radical (unpaired) electrons. The summed E-state index contributed by atoms with van der Waals surface area (Å²) >= 11 is 0. The lowest BCUT2D eigenvalue weighted by atomic mass is 9.50. The predicted octanol–water partition coefficient (Wildman–Crippen LogP) is 6.55. The van der Waals surface area contributed by atoms with Gasteiger partial charge in [-0.2, -0.15) is 0 Å². The van der Waals surface area contributed by atoms with E-state index < -0.39 is 5.60 Å². The normalized spacial score (nSPS) is 41.0. The molecule has 5 heteroatoms. The molecule has 7 atom stereocenters. The van der Waals surface area contributed by atoms with E-state index in [4.69, 9.17) is 14.5 Å². The van der Waals surface area contributed by atoms with E-state index >= 15 is 0 Å². The first-order valence-corrected chi connectivity index (χ1v) is 14.9. The van der Waals surface area contributed by atoms with E-state index in [9.17, 15) is 5.11 Å². The van der Waals surface area contributed by atoms with Gasteiger partial charge in [-0.3, -0.25) is 0 Å². The zero-order valence-electron chi connectivity index (χ0n) is 23.4. The van der Waals surface area contributed by atoms with Gasteiger partial charge in [0, 0.05) is 45.1 Å². The van der Waals surface area contributed by atoms with Crippen LogP contribution in [0.3, 0.4) is 0 Å². The van der Waals surface area contributed by atoms with Crippen molar-refractivity contribution in [2.75, 3.05) is 32.2 Å². The molecule has 1 saturated heterocycles. The highest BCUT2D eigenvalue weighted by atomic mass is 17.2. The number of unbranched alkanes of at least 4 members (excludes halogenated alkanes) is 1. The van der Waals surface area contributed by atoms with Crippen molar-refractivity contribution >= 4 is 5.69 Å². The third kappa shape index (κ3) is 4.29. The molecule has 1 unspecified atom stereocenters. The van der Waals surface area contributed by atoms with Crippen LogP contribution in [0.2, 0.25) is 0 Å². The summed E-state index contributed by atoms with van der Waals surface area (Å²) in [5, 5.41) is 12.2. The molecule has 0 bridgehead atoms. The largest absolute Gasteiger partial charge is 0.385 e. The highest BCUT2D eigenvalue weighted by Gasteiger charge is 2.60. The standard InChI is InChI=1S/C32H47NO4/c1-5-6-18-35-28-12-11-26-24-13-16-32(34)21-31(17-19-36-37-31)15-14-27(32)29(24)25(20-30(26,28)2)22-7-9-23(10-8-22)33(3)4/h7-10,24-26,28,34H,5-6,11-21H2,1-4H3/t24-,25+,26-,28-,30-,31?,32+/m0/s1. The van der Waals surface area contributed by atoms with E-state index in [-0.39, 0.29) is 11.0 Å². The number of fused-ring (bicyclic) bond motifs is 4. The zero-order valence-corrected chi connectivity index (χ0v) is 23.4. The van der Waals surface area contributed by atoms with Crippen molar-refractivity contribution in [1.82, 2.24) is 0 Å². The molecule has 204 valence electrons. The molecular formula is C32H47NO4. The fourth-order valence-electron chi connectivity index (χ4n) is 9.01. The van der Waals surface area contributed by atoms with E-state index in [2.05, 4.69) is 57.1 Å². The average molecular weight is 510 g/mol. The van der Waals surface area contributed by atoms with E-state index in [1.165, 1.54) is 36.1 Å². The number of allylic oxidation sites excluding steroid dienone is 1. The van der Waals surface area contributed by atoms with Crippen molar-refractivity contribution in [2.24, 2.45) is 17.3 Å². The van der Waals surface area contributed by atoms with E-state index in [1.54, 1.807) is 5.57 Å². The van der Waals surface area contributed by atoms with Crippen LogP contribution in [-0.2, 0) is 14.5 Å². The maximum atomic E-state index is 12.2. The van der Waals surface area contributed by atoms with Crippen LogP contribution in [0.1, 0.15) is 96.0 Å². The van der Waals surface area contributed by atoms with Gasteiger partial charge in [-0.05, 0) is 91.9 Å². The number of ether oxygens (including phenoxy) is 1. The molecule has 5 aliphatic rings. The monoisotopic (exact) mass is 509 g/mol. The van der Waals surface area contributed by atoms with Crippen molar-refractivity contribution < 1.29 is 19.6 Å². The van der Waals surface area contributed by atoms with Crippen molar-refractivity contribution in [3.8, 4) is 0 Å². The summed E-state index contributed by atoms with van der Waals surface area (Å²) in [6.07, 6.45) is 11.6. The fraction of sp³-hybridized carbons (Fsp3) is 0.750. The Morgan fingerprint density at radius 1 is 1.08 bits per heavy atom. The van der Waals surface area contributed by atoms with Crippen LogP contribution in [0, 0.1) is 17.3 Å². The van der Waals surface area contributed by atoms with Crippen molar-refractivity contribution in [3.05, 3.63) is 41.0 Å². The summed E-state index contributed by atoms with van der Waals surface area (Å²) in [7, 11) is 4.21. The molecule has 1 aromatic rings. The molecule has 1 aromatic carbocycles. The Hall–Kier alpha value is -1.40. The zero-order chi connectivity index (χ0) is 25.8. The Bertz CT molecular complexity index is 1010. The summed E-state index contributed by atoms with van der Waals surface area (Å²) < 4.78 is 6.62. The van der Waals surface area contributed by atoms with Crippen LogP contribution in [0.5, 0.6) is 0 Å². The molecule has 3 saturated carbocycles. The minimum absolute atomic E-state index is 0.182. The van der Waals surface area contributed by atoms with Gasteiger partial charge in [0.15, 0.2) is 0 Å². The molecule has 37 heavy (non-hydrogen) atoms. The molecule has 4 aliphatic carbocycles. The molecular weight excluding hydrogens is 462 g/mol. The van der Waals surface area contributed by atoms with Gasteiger partial charge in [-0.25, -0.2) is 9.78 Å². The number of aliphatic hydroxyl groups is 1. The van der Waals surface area contributed by atoms with Gasteiger partial charge in [0.25, 0.3) is 0 Å². The van der Waals surface area contributed by atoms with Gasteiger partial charge < -0.3 is 14.7 Å². The van der Waals surface area contributed by atoms with Crippen LogP contribution in [0.15, 0.2) is 35.4 Å². The predicted molar refractivity (Wildman–Crippen MR) is 147 cm³/mol. The van der Waals surface area contributed by atoms with Crippen LogP contribution in [0.25, 0.3) is 0 Å². The van der Waals surface area contributed by atoms with Crippen molar-refractivity contribution in [1.29, 1.82) is 0 Å². The lowest BCUT2D eigenvalue weighted by molar-refractivity contribution is -0.321. The molecule has 1 N–H and O–H groups in total. The van der Waals surface area contributed by atoms with Crippen molar-refractivity contribution in [2.45, 2.75) is 108 Å². The van der Waals surface area contributed by atoms with Gasteiger partial charge >= 0.3 is 0 Å². The van der Waals surface area contributed by atoms with E-state index in [1.807, 2.05) is 0 Å². The smallest absolute Gasteiger partial charge is 0.109 e. The molecule has 1 aliphatic heterocycles. The summed E-state index contributed by atoms with van der Waals surface area (Å²) in [6, 6.07) is 9.23. The van der Waals surface area contributed by atoms with E-state index in [0.717, 1.165) is 51.6 Å². The summed E-state index contributed by atoms with van der Waals surface area (Å²) in [6.45, 7) is 6.30. The highest BCUT2D eigenvalue weighted by Crippen LogP contribution is 2.66. The molecule has 1 spiro atoms. The third-order valence-electron chi connectivity index (χ3n) is 11.0. The first-order valence-electron chi connectivity index (χ1n) is 14.9. The summed E-state index contributed by atoms with van der Waals surface area (Å²) in [5.41, 5.74) is 4.69. The van der Waals surface area contributed by atoms with Gasteiger partial charge in [-0.1, -0.05) is 38.0 Å². The lowest BCUT2D eigenvalue weighted by Gasteiger charge is -2.56. The number of hydrogen-bond donors (Lipinski definition) is 1. The minimum Gasteiger partial charge on any atom is -0.385 e. The topological polar surface area (TPSA) is 51.2 Å². The first kappa shape index (κ1) is 25.9. The Kier molecular flexibility index (Phi) is 6.75. The second-order valence-electron chi connectivity index (χ2n) is 13.3. The first-order chi connectivity index (χ1) is 17.8. The molecule has 0 amide bonds. The second kappa shape index (κ2) is 9.66. The number of nitrogens with zero attached hydrogens (tertiary/aromatic N) is 1. The van der Waals surface area contributed by atoms with Gasteiger partial charge in [0.05, 0.1) is 18.3 Å². The summed E-state index contributed by atoms with van der Waals surface area (Å²) in [5.74, 6) is 1.53. The fourth-order valence-corrected chi connectivity index (χ4v) is 9.01. The number of rotatable bonds is 6. The second-order valence-corrected chi connectivity index (χ2v) is 13.3. The van der Waals surface area contributed by atoms with Gasteiger partial charge in [0.1, 0.15) is 5.60 Å². The Morgan fingerprint density at radius 2 is 1.89 bits per heavy atom. The van der Waals surface area contributed by atoms with Crippen LogP contribution in [-0.4, -0.2) is 49.7 Å². The Labute approximate surface area is 223 Å². The van der Waals surface area contributed by atoms with Crippen LogP contribution in [0.4, 0.5) is 5.69 Å². The molecule has 1 heterocycles. The SMILES string of the molecule is CCCCO[C@H]1CC[C@H]2[C@@H]3CC[C@@]4(O)CC5(CCOO5)CCC4=C3[C@@H](c3ccc(N(C)C)cc3)C[C@]12C. The average Bonchev–Trinajstić information content (AvgIpc) is 3.46.